The van der Waals surface area contributed by atoms with Crippen molar-refractivity contribution >= 4 is 5.78 Å². The van der Waals surface area contributed by atoms with Crippen molar-refractivity contribution in [3.63, 3.8) is 0 Å². The molecule has 0 saturated carbocycles. The summed E-state index contributed by atoms with van der Waals surface area (Å²) in [6.07, 6.45) is 1.27. The Hall–Kier alpha value is -2.90. The number of aryl methyl sites for hydroxylation is 1. The van der Waals surface area contributed by atoms with Crippen LogP contribution < -0.4 is 0 Å². The number of nitrogens with zero attached hydrogens (tertiary/aromatic N) is 4. The van der Waals surface area contributed by atoms with E-state index in [1.807, 2.05) is 0 Å². The fraction of sp³-hybridized carbons (Fsp3) is 0.316. The Balaban J connectivity index is 1.72. The number of benzene rings is 1. The summed E-state index contributed by atoms with van der Waals surface area (Å²) in [6.45, 7) is 0. The molecule has 27 heavy (non-hydrogen) atoms. The van der Waals surface area contributed by atoms with Gasteiger partial charge in [-0.15, -0.1) is 0 Å². The average Bonchev–Trinajstić information content (AvgIpc) is 3.25. The maximum absolute atomic E-state index is 13.3. The number of carbonyl (C=O) groups excluding carboxylic acids is 1. The van der Waals surface area contributed by atoms with Crippen LogP contribution in [0.2, 0.25) is 0 Å². The van der Waals surface area contributed by atoms with Gasteiger partial charge in [0.15, 0.2) is 11.5 Å². The molecule has 1 aliphatic carbocycles. The minimum Gasteiger partial charge on any atom is -0.331 e. The van der Waals surface area contributed by atoms with Gasteiger partial charge >= 0.3 is 6.18 Å². The summed E-state index contributed by atoms with van der Waals surface area (Å²) in [4.78, 5) is 16.5. The molecule has 140 valence electrons. The maximum atomic E-state index is 13.3. The van der Waals surface area contributed by atoms with Gasteiger partial charge in [-0.05, 0) is 49.9 Å². The van der Waals surface area contributed by atoms with Crippen molar-refractivity contribution in [3.05, 3.63) is 65.0 Å². The Morgan fingerprint density at radius 3 is 2.44 bits per heavy atom. The molecule has 1 aliphatic rings. The first kappa shape index (κ1) is 17.5. The predicted octanol–water partition coefficient (Wildman–Crippen LogP) is 3.73. The van der Waals surface area contributed by atoms with Gasteiger partial charge in [-0.25, -0.2) is 9.67 Å². The summed E-state index contributed by atoms with van der Waals surface area (Å²) in [5.74, 6) is 0.0612. The van der Waals surface area contributed by atoms with Crippen LogP contribution in [0, 0.1) is 0 Å². The summed E-state index contributed by atoms with van der Waals surface area (Å²) in [5, 5.41) is 3.86. The summed E-state index contributed by atoms with van der Waals surface area (Å²) in [5.41, 5.74) is 1.04. The zero-order chi connectivity index (χ0) is 19.2. The standard InChI is InChI=1S/C19H17F3N4O/c1-25-11-10-23-18(25)16(27)12-6-8-13(9-7-12)26-15-5-3-2-4-14(15)17(24-26)19(20,21)22/h6-11H,2-5H2,1H3. The van der Waals surface area contributed by atoms with Crippen LogP contribution in [0.1, 0.15) is 46.0 Å². The summed E-state index contributed by atoms with van der Waals surface area (Å²) in [7, 11) is 1.73. The Morgan fingerprint density at radius 1 is 1.11 bits per heavy atom. The molecule has 0 fully saturated rings. The van der Waals surface area contributed by atoms with E-state index in [2.05, 4.69) is 10.1 Å². The molecule has 2 heterocycles. The van der Waals surface area contributed by atoms with Gasteiger partial charge in [0.25, 0.3) is 0 Å². The highest BCUT2D eigenvalue weighted by Gasteiger charge is 2.39. The molecule has 0 radical (unpaired) electrons. The maximum Gasteiger partial charge on any atom is 0.435 e. The lowest BCUT2D eigenvalue weighted by Crippen LogP contribution is -2.11. The number of rotatable bonds is 3. The average molecular weight is 374 g/mol. The van der Waals surface area contributed by atoms with Crippen LogP contribution in [0.25, 0.3) is 5.69 Å². The van der Waals surface area contributed by atoms with Crippen molar-refractivity contribution in [2.45, 2.75) is 31.9 Å². The second-order valence-electron chi connectivity index (χ2n) is 6.63. The lowest BCUT2D eigenvalue weighted by atomic mass is 9.95. The van der Waals surface area contributed by atoms with Crippen molar-refractivity contribution in [3.8, 4) is 5.69 Å². The SMILES string of the molecule is Cn1ccnc1C(=O)c1ccc(-n2nc(C(F)(F)F)c3c2CCCC3)cc1. The van der Waals surface area contributed by atoms with Gasteiger partial charge in [0.2, 0.25) is 5.78 Å². The summed E-state index contributed by atoms with van der Waals surface area (Å²) >= 11 is 0. The first-order valence-corrected chi connectivity index (χ1v) is 8.66. The largest absolute Gasteiger partial charge is 0.435 e. The van der Waals surface area contributed by atoms with Gasteiger partial charge in [-0.1, -0.05) is 0 Å². The van der Waals surface area contributed by atoms with Gasteiger partial charge in [0, 0.05) is 36.3 Å². The van der Waals surface area contributed by atoms with Crippen molar-refractivity contribution in [1.29, 1.82) is 0 Å². The van der Waals surface area contributed by atoms with Crippen LogP contribution in [0.15, 0.2) is 36.7 Å². The van der Waals surface area contributed by atoms with E-state index in [4.69, 9.17) is 0 Å². The van der Waals surface area contributed by atoms with Gasteiger partial charge in [-0.3, -0.25) is 4.79 Å². The zero-order valence-corrected chi connectivity index (χ0v) is 14.6. The highest BCUT2D eigenvalue weighted by Crippen LogP contribution is 2.36. The number of hydrogen-bond acceptors (Lipinski definition) is 3. The number of fused-ring (bicyclic) bond motifs is 1. The van der Waals surface area contributed by atoms with E-state index < -0.39 is 11.9 Å². The van der Waals surface area contributed by atoms with Gasteiger partial charge in [-0.2, -0.15) is 18.3 Å². The molecule has 4 rings (SSSR count). The second-order valence-corrected chi connectivity index (χ2v) is 6.63. The van der Waals surface area contributed by atoms with E-state index in [1.165, 1.54) is 10.9 Å². The van der Waals surface area contributed by atoms with Crippen LogP contribution in [-0.4, -0.2) is 25.1 Å². The molecule has 8 heteroatoms. The van der Waals surface area contributed by atoms with Crippen LogP contribution in [0.3, 0.4) is 0 Å². The van der Waals surface area contributed by atoms with Crippen LogP contribution in [-0.2, 0) is 26.1 Å². The van der Waals surface area contributed by atoms with Crippen LogP contribution >= 0.6 is 0 Å². The van der Waals surface area contributed by atoms with Crippen LogP contribution in [0.5, 0.6) is 0 Å². The number of imidazole rings is 1. The molecule has 0 amide bonds. The third-order valence-electron chi connectivity index (χ3n) is 4.85. The van der Waals surface area contributed by atoms with E-state index in [9.17, 15) is 18.0 Å². The quantitative estimate of drug-likeness (QED) is 0.657. The van der Waals surface area contributed by atoms with E-state index in [0.717, 1.165) is 12.8 Å². The van der Waals surface area contributed by atoms with Crippen molar-refractivity contribution in [1.82, 2.24) is 19.3 Å². The fourth-order valence-corrected chi connectivity index (χ4v) is 3.51. The van der Waals surface area contributed by atoms with E-state index in [0.29, 0.717) is 41.2 Å². The number of carbonyl (C=O) groups is 1. The molecular formula is C19H17F3N4O. The van der Waals surface area contributed by atoms with E-state index in [1.54, 1.807) is 42.1 Å². The normalized spacial score (nSPS) is 14.2. The number of aromatic nitrogens is 4. The predicted molar refractivity (Wildman–Crippen MR) is 91.8 cm³/mol. The molecular weight excluding hydrogens is 357 g/mol. The third kappa shape index (κ3) is 3.05. The molecule has 0 spiro atoms. The Kier molecular flexibility index (Phi) is 4.13. The first-order valence-electron chi connectivity index (χ1n) is 8.66. The highest BCUT2D eigenvalue weighted by atomic mass is 19.4. The zero-order valence-electron chi connectivity index (χ0n) is 14.6. The molecule has 0 saturated heterocycles. The molecule has 2 aromatic heterocycles. The molecule has 0 unspecified atom stereocenters. The smallest absolute Gasteiger partial charge is 0.331 e. The highest BCUT2D eigenvalue weighted by molar-refractivity contribution is 6.06. The molecule has 0 N–H and O–H groups in total. The van der Waals surface area contributed by atoms with E-state index >= 15 is 0 Å². The Morgan fingerprint density at radius 2 is 1.81 bits per heavy atom. The Labute approximate surface area is 153 Å². The topological polar surface area (TPSA) is 52.7 Å². The minimum absolute atomic E-state index is 0.243. The van der Waals surface area contributed by atoms with E-state index in [-0.39, 0.29) is 5.78 Å². The molecule has 0 bridgehead atoms. The van der Waals surface area contributed by atoms with Gasteiger partial charge < -0.3 is 4.57 Å². The fourth-order valence-electron chi connectivity index (χ4n) is 3.51. The second kappa shape index (κ2) is 6.37. The lowest BCUT2D eigenvalue weighted by molar-refractivity contribution is -0.142. The number of hydrogen-bond donors (Lipinski definition) is 0. The summed E-state index contributed by atoms with van der Waals surface area (Å²) in [6, 6.07) is 6.43. The number of ketones is 1. The number of alkyl halides is 3. The van der Waals surface area contributed by atoms with Gasteiger partial charge in [0.05, 0.1) is 5.69 Å². The monoisotopic (exact) mass is 374 g/mol. The third-order valence-corrected chi connectivity index (χ3v) is 4.85. The lowest BCUT2D eigenvalue weighted by Gasteiger charge is -2.14. The molecule has 0 aliphatic heterocycles. The first-order chi connectivity index (χ1) is 12.9. The molecule has 1 aromatic carbocycles. The van der Waals surface area contributed by atoms with Gasteiger partial charge in [0.1, 0.15) is 0 Å². The number of halogens is 3. The van der Waals surface area contributed by atoms with Crippen molar-refractivity contribution < 1.29 is 18.0 Å². The molecule has 0 atom stereocenters. The molecule has 3 aromatic rings. The minimum atomic E-state index is -4.47. The summed E-state index contributed by atoms with van der Waals surface area (Å²) < 4.78 is 43.0. The Bertz CT molecular complexity index is 999. The molecule has 5 nitrogen and oxygen atoms in total. The van der Waals surface area contributed by atoms with Crippen LogP contribution in [0.4, 0.5) is 13.2 Å². The van der Waals surface area contributed by atoms with Crippen molar-refractivity contribution in [2.24, 2.45) is 7.05 Å². The van der Waals surface area contributed by atoms with Crippen molar-refractivity contribution in [2.75, 3.05) is 0 Å².